The van der Waals surface area contributed by atoms with Crippen LogP contribution in [-0.4, -0.2) is 22.9 Å². The van der Waals surface area contributed by atoms with E-state index >= 15 is 0 Å². The SMILES string of the molecule is CC[C@H]1O[C@@H](C(C)C)[C@H]2CCCC[C@]21O. The molecule has 0 spiro atoms. The zero-order valence-corrected chi connectivity index (χ0v) is 10.2. The summed E-state index contributed by atoms with van der Waals surface area (Å²) in [5.41, 5.74) is -0.512. The number of ether oxygens (including phenoxy) is 1. The van der Waals surface area contributed by atoms with Crippen molar-refractivity contribution >= 4 is 0 Å². The molecular formula is C13H24O2. The summed E-state index contributed by atoms with van der Waals surface area (Å²) in [5.74, 6) is 0.910. The summed E-state index contributed by atoms with van der Waals surface area (Å²) in [4.78, 5) is 0. The fourth-order valence-corrected chi connectivity index (χ4v) is 3.53. The molecule has 0 unspecified atom stereocenters. The molecule has 2 rings (SSSR count). The highest BCUT2D eigenvalue weighted by Crippen LogP contribution is 2.48. The van der Waals surface area contributed by atoms with Crippen molar-refractivity contribution in [3.05, 3.63) is 0 Å². The number of fused-ring (bicyclic) bond motifs is 1. The van der Waals surface area contributed by atoms with E-state index in [1.54, 1.807) is 0 Å². The van der Waals surface area contributed by atoms with Crippen LogP contribution < -0.4 is 0 Å². The van der Waals surface area contributed by atoms with Crippen LogP contribution in [0.4, 0.5) is 0 Å². The predicted octanol–water partition coefficient (Wildman–Crippen LogP) is 2.74. The van der Waals surface area contributed by atoms with E-state index in [9.17, 15) is 5.11 Å². The summed E-state index contributed by atoms with van der Waals surface area (Å²) in [7, 11) is 0. The highest BCUT2D eigenvalue weighted by atomic mass is 16.5. The summed E-state index contributed by atoms with van der Waals surface area (Å²) in [6, 6.07) is 0. The lowest BCUT2D eigenvalue weighted by molar-refractivity contribution is -0.0734. The lowest BCUT2D eigenvalue weighted by Gasteiger charge is -2.38. The first-order valence-electron chi connectivity index (χ1n) is 6.47. The lowest BCUT2D eigenvalue weighted by atomic mass is 9.70. The van der Waals surface area contributed by atoms with E-state index in [0.29, 0.717) is 11.8 Å². The smallest absolute Gasteiger partial charge is 0.0960 e. The summed E-state index contributed by atoms with van der Waals surface area (Å²) in [6.45, 7) is 6.53. The van der Waals surface area contributed by atoms with Crippen molar-refractivity contribution in [3.8, 4) is 0 Å². The van der Waals surface area contributed by atoms with Gasteiger partial charge in [-0.2, -0.15) is 0 Å². The van der Waals surface area contributed by atoms with Crippen LogP contribution in [0.2, 0.25) is 0 Å². The van der Waals surface area contributed by atoms with Crippen molar-refractivity contribution in [2.45, 2.75) is 70.7 Å². The van der Waals surface area contributed by atoms with Gasteiger partial charge in [0.05, 0.1) is 17.8 Å². The van der Waals surface area contributed by atoms with Crippen LogP contribution in [0.15, 0.2) is 0 Å². The number of hydrogen-bond donors (Lipinski definition) is 1. The first-order valence-corrected chi connectivity index (χ1v) is 6.47. The van der Waals surface area contributed by atoms with Gasteiger partial charge >= 0.3 is 0 Å². The molecule has 2 nitrogen and oxygen atoms in total. The second kappa shape index (κ2) is 4.06. The summed E-state index contributed by atoms with van der Waals surface area (Å²) in [6.07, 6.45) is 5.81. The quantitative estimate of drug-likeness (QED) is 0.762. The lowest BCUT2D eigenvalue weighted by Crippen LogP contribution is -2.46. The molecule has 2 heteroatoms. The molecule has 0 aromatic carbocycles. The highest BCUT2D eigenvalue weighted by Gasteiger charge is 2.55. The van der Waals surface area contributed by atoms with E-state index in [4.69, 9.17) is 4.74 Å². The van der Waals surface area contributed by atoms with E-state index in [2.05, 4.69) is 20.8 Å². The minimum absolute atomic E-state index is 0.0789. The number of rotatable bonds is 2. The van der Waals surface area contributed by atoms with Crippen LogP contribution in [0.25, 0.3) is 0 Å². The molecule has 88 valence electrons. The van der Waals surface area contributed by atoms with Gasteiger partial charge in [-0.25, -0.2) is 0 Å². The van der Waals surface area contributed by atoms with Gasteiger partial charge in [0.25, 0.3) is 0 Å². The standard InChI is InChI=1S/C13H24O2/c1-4-11-13(14)8-6-5-7-10(13)12(15-11)9(2)3/h9-12,14H,4-8H2,1-3H3/t10-,11-,12+,13+/m1/s1. The fourth-order valence-electron chi connectivity index (χ4n) is 3.53. The molecule has 1 saturated heterocycles. The van der Waals surface area contributed by atoms with E-state index in [1.807, 2.05) is 0 Å². The molecule has 2 fully saturated rings. The van der Waals surface area contributed by atoms with E-state index < -0.39 is 5.60 Å². The van der Waals surface area contributed by atoms with Gasteiger partial charge in [0.1, 0.15) is 0 Å². The maximum absolute atomic E-state index is 10.8. The first-order chi connectivity index (χ1) is 7.09. The Bertz CT molecular complexity index is 227. The summed E-state index contributed by atoms with van der Waals surface area (Å²) >= 11 is 0. The van der Waals surface area contributed by atoms with Crippen LogP contribution in [-0.2, 0) is 4.74 Å². The molecule has 1 aliphatic carbocycles. The van der Waals surface area contributed by atoms with Crippen LogP contribution >= 0.6 is 0 Å². The third-order valence-corrected chi connectivity index (χ3v) is 4.29. The van der Waals surface area contributed by atoms with Crippen molar-refractivity contribution in [3.63, 3.8) is 0 Å². The molecule has 0 aromatic heterocycles. The average molecular weight is 212 g/mol. The molecule has 0 amide bonds. The van der Waals surface area contributed by atoms with Crippen molar-refractivity contribution in [2.24, 2.45) is 11.8 Å². The highest BCUT2D eigenvalue weighted by molar-refractivity contribution is 5.04. The van der Waals surface area contributed by atoms with Gasteiger partial charge in [0, 0.05) is 5.92 Å². The van der Waals surface area contributed by atoms with Crippen molar-refractivity contribution in [1.29, 1.82) is 0 Å². The molecule has 1 saturated carbocycles. The van der Waals surface area contributed by atoms with Gasteiger partial charge in [-0.1, -0.05) is 33.6 Å². The first kappa shape index (κ1) is 11.4. The third kappa shape index (κ3) is 1.72. The molecule has 1 heterocycles. The fraction of sp³-hybridized carbons (Fsp3) is 1.00. The Morgan fingerprint density at radius 2 is 2.13 bits per heavy atom. The molecule has 0 bridgehead atoms. The minimum atomic E-state index is -0.512. The second-order valence-electron chi connectivity index (χ2n) is 5.59. The Kier molecular flexibility index (Phi) is 3.09. The van der Waals surface area contributed by atoms with Crippen molar-refractivity contribution in [1.82, 2.24) is 0 Å². The van der Waals surface area contributed by atoms with Crippen molar-refractivity contribution in [2.75, 3.05) is 0 Å². The molecule has 15 heavy (non-hydrogen) atoms. The van der Waals surface area contributed by atoms with Crippen LogP contribution in [0.3, 0.4) is 0 Å². The maximum atomic E-state index is 10.8. The Morgan fingerprint density at radius 1 is 1.40 bits per heavy atom. The molecular weight excluding hydrogens is 188 g/mol. The average Bonchev–Trinajstić information content (AvgIpc) is 2.50. The van der Waals surface area contributed by atoms with Crippen LogP contribution in [0.1, 0.15) is 52.9 Å². The normalized spacial score (nSPS) is 45.8. The molecule has 1 N–H and O–H groups in total. The van der Waals surface area contributed by atoms with Crippen LogP contribution in [0.5, 0.6) is 0 Å². The van der Waals surface area contributed by atoms with Gasteiger partial charge in [0.2, 0.25) is 0 Å². The summed E-state index contributed by atoms with van der Waals surface area (Å²) in [5, 5.41) is 10.8. The predicted molar refractivity (Wildman–Crippen MR) is 60.7 cm³/mol. The molecule has 2 aliphatic rings. The molecule has 4 atom stereocenters. The Hall–Kier alpha value is -0.0800. The molecule has 0 radical (unpaired) electrons. The van der Waals surface area contributed by atoms with Gasteiger partial charge in [-0.15, -0.1) is 0 Å². The monoisotopic (exact) mass is 212 g/mol. The molecule has 0 aromatic rings. The van der Waals surface area contributed by atoms with Gasteiger partial charge < -0.3 is 9.84 Å². The van der Waals surface area contributed by atoms with Gasteiger partial charge in [0.15, 0.2) is 0 Å². The van der Waals surface area contributed by atoms with Gasteiger partial charge in [-0.05, 0) is 25.2 Å². The number of hydrogen-bond acceptors (Lipinski definition) is 2. The largest absolute Gasteiger partial charge is 0.387 e. The Balaban J connectivity index is 2.21. The minimum Gasteiger partial charge on any atom is -0.387 e. The number of aliphatic hydroxyl groups is 1. The van der Waals surface area contributed by atoms with E-state index in [1.165, 1.54) is 6.42 Å². The Morgan fingerprint density at radius 3 is 2.73 bits per heavy atom. The van der Waals surface area contributed by atoms with Gasteiger partial charge in [-0.3, -0.25) is 0 Å². The zero-order valence-electron chi connectivity index (χ0n) is 10.2. The molecule has 1 aliphatic heterocycles. The third-order valence-electron chi connectivity index (χ3n) is 4.29. The second-order valence-corrected chi connectivity index (χ2v) is 5.59. The zero-order chi connectivity index (χ0) is 11.1. The summed E-state index contributed by atoms with van der Waals surface area (Å²) < 4.78 is 6.07. The van der Waals surface area contributed by atoms with Crippen molar-refractivity contribution < 1.29 is 9.84 Å². The van der Waals surface area contributed by atoms with E-state index in [-0.39, 0.29) is 12.2 Å². The maximum Gasteiger partial charge on any atom is 0.0960 e. The van der Waals surface area contributed by atoms with E-state index in [0.717, 1.165) is 25.7 Å². The topological polar surface area (TPSA) is 29.5 Å². The van der Waals surface area contributed by atoms with Crippen LogP contribution in [0, 0.1) is 11.8 Å². The Labute approximate surface area is 93.0 Å².